The molecule has 0 amide bonds. The van der Waals surface area contributed by atoms with E-state index in [1.54, 1.807) is 12.1 Å². The van der Waals surface area contributed by atoms with Gasteiger partial charge in [0.15, 0.2) is 5.78 Å². The number of hydrogen-bond acceptors (Lipinski definition) is 2. The first kappa shape index (κ1) is 15.7. The molecule has 1 atom stereocenters. The fourth-order valence-corrected chi connectivity index (χ4v) is 2.27. The molecule has 0 aliphatic rings. The Hall–Kier alpha value is -1.71. The van der Waals surface area contributed by atoms with E-state index in [-0.39, 0.29) is 23.0 Å². The van der Waals surface area contributed by atoms with Gasteiger partial charge in [0, 0.05) is 6.42 Å². The van der Waals surface area contributed by atoms with E-state index >= 15 is 0 Å². The van der Waals surface area contributed by atoms with E-state index in [4.69, 9.17) is 23.2 Å². The lowest BCUT2D eigenvalue weighted by Gasteiger charge is -2.11. The third kappa shape index (κ3) is 3.90. The maximum absolute atomic E-state index is 12.8. The molecule has 2 rings (SSSR count). The van der Waals surface area contributed by atoms with Gasteiger partial charge in [-0.05, 0) is 35.4 Å². The highest BCUT2D eigenvalue weighted by Crippen LogP contribution is 2.27. The quantitative estimate of drug-likeness (QED) is 0.609. The van der Waals surface area contributed by atoms with Crippen molar-refractivity contribution in [2.24, 2.45) is 0 Å². The van der Waals surface area contributed by atoms with E-state index in [0.29, 0.717) is 22.4 Å². The highest BCUT2D eigenvalue weighted by atomic mass is 35.5. The molecule has 0 aliphatic heterocycles. The lowest BCUT2D eigenvalue weighted by Crippen LogP contribution is -2.16. The fourth-order valence-electron chi connectivity index (χ4n) is 1.96. The van der Waals surface area contributed by atoms with Crippen molar-refractivity contribution in [2.75, 3.05) is 0 Å². The van der Waals surface area contributed by atoms with Crippen LogP contribution in [0.5, 0.6) is 0 Å². The van der Waals surface area contributed by atoms with Crippen molar-refractivity contribution in [3.05, 3.63) is 69.5 Å². The van der Waals surface area contributed by atoms with E-state index in [0.717, 1.165) is 0 Å². The van der Waals surface area contributed by atoms with Gasteiger partial charge in [-0.15, -0.1) is 0 Å². The van der Waals surface area contributed by atoms with Gasteiger partial charge in [-0.1, -0.05) is 41.4 Å². The van der Waals surface area contributed by atoms with Crippen molar-refractivity contribution in [2.45, 2.75) is 12.3 Å². The Balaban J connectivity index is 2.20. The number of carbonyl (C=O) groups is 2. The number of carbonyl (C=O) groups excluding carboxylic acids is 2. The van der Waals surface area contributed by atoms with Crippen LogP contribution in [-0.4, -0.2) is 12.1 Å². The molecular formula is C16H11Cl2FO2. The average Bonchev–Trinajstić information content (AvgIpc) is 2.46. The summed E-state index contributed by atoms with van der Waals surface area (Å²) >= 11 is 11.7. The number of halogens is 3. The van der Waals surface area contributed by atoms with Gasteiger partial charge >= 0.3 is 0 Å². The zero-order valence-electron chi connectivity index (χ0n) is 10.9. The summed E-state index contributed by atoms with van der Waals surface area (Å²) in [5.74, 6) is -1.57. The Kier molecular flexibility index (Phi) is 5.10. The minimum Gasteiger partial charge on any atom is -0.302 e. The van der Waals surface area contributed by atoms with Crippen LogP contribution in [0, 0.1) is 5.82 Å². The molecule has 0 saturated heterocycles. The molecule has 0 saturated carbocycles. The number of benzene rings is 2. The number of rotatable bonds is 5. The van der Waals surface area contributed by atoms with Gasteiger partial charge in [-0.3, -0.25) is 4.79 Å². The first-order valence-electron chi connectivity index (χ1n) is 6.18. The largest absolute Gasteiger partial charge is 0.302 e. The summed E-state index contributed by atoms with van der Waals surface area (Å²) in [6.07, 6.45) is 0.620. The second kappa shape index (κ2) is 6.83. The lowest BCUT2D eigenvalue weighted by atomic mass is 9.92. The van der Waals surface area contributed by atoms with Gasteiger partial charge in [0.05, 0.1) is 16.0 Å². The Morgan fingerprint density at radius 3 is 2.33 bits per heavy atom. The van der Waals surface area contributed by atoms with Crippen molar-refractivity contribution in [3.8, 4) is 0 Å². The molecule has 2 nitrogen and oxygen atoms in total. The third-order valence-corrected chi connectivity index (χ3v) is 3.82. The normalized spacial score (nSPS) is 12.0. The molecular weight excluding hydrogens is 314 g/mol. The molecule has 1 unspecified atom stereocenters. The van der Waals surface area contributed by atoms with Crippen LogP contribution in [0.3, 0.4) is 0 Å². The zero-order chi connectivity index (χ0) is 15.4. The first-order chi connectivity index (χ1) is 10.0. The van der Waals surface area contributed by atoms with E-state index in [1.165, 1.54) is 30.3 Å². The maximum Gasteiger partial charge on any atom is 0.151 e. The molecule has 0 spiro atoms. The number of ketones is 1. The lowest BCUT2D eigenvalue weighted by molar-refractivity contribution is -0.123. The summed E-state index contributed by atoms with van der Waals surface area (Å²) in [7, 11) is 0. The predicted octanol–water partition coefficient (Wildman–Crippen LogP) is 4.23. The molecule has 21 heavy (non-hydrogen) atoms. The first-order valence-corrected chi connectivity index (χ1v) is 6.94. The van der Waals surface area contributed by atoms with Crippen molar-refractivity contribution in [3.63, 3.8) is 0 Å². The average molecular weight is 325 g/mol. The molecule has 0 aromatic heterocycles. The molecule has 0 fully saturated rings. The standard InChI is InChI=1S/C16H11Cl2FO2/c17-14-6-3-11(8-15(14)18)13(9-20)16(21)7-10-1-4-12(19)5-2-10/h1-6,8-9,13H,7H2. The SMILES string of the molecule is O=CC(C(=O)Cc1ccc(F)cc1)c1ccc(Cl)c(Cl)c1. The smallest absolute Gasteiger partial charge is 0.151 e. The van der Waals surface area contributed by atoms with Crippen LogP contribution in [0.1, 0.15) is 17.0 Å². The molecule has 2 aromatic carbocycles. The Bertz CT molecular complexity index is 668. The van der Waals surface area contributed by atoms with Crippen molar-refractivity contribution < 1.29 is 14.0 Å². The molecule has 0 heterocycles. The molecule has 5 heteroatoms. The Morgan fingerprint density at radius 1 is 1.10 bits per heavy atom. The molecule has 108 valence electrons. The second-order valence-corrected chi connectivity index (χ2v) is 5.37. The van der Waals surface area contributed by atoms with Gasteiger partial charge in [-0.25, -0.2) is 4.39 Å². The van der Waals surface area contributed by atoms with Crippen molar-refractivity contribution in [1.82, 2.24) is 0 Å². The van der Waals surface area contributed by atoms with E-state index in [2.05, 4.69) is 0 Å². The van der Waals surface area contributed by atoms with E-state index in [1.807, 2.05) is 0 Å². The molecule has 0 bridgehead atoms. The number of Topliss-reactive ketones (excluding diaryl/α,β-unsaturated/α-hetero) is 1. The van der Waals surface area contributed by atoms with Crippen molar-refractivity contribution >= 4 is 35.3 Å². The van der Waals surface area contributed by atoms with E-state index < -0.39 is 5.92 Å². The minimum atomic E-state index is -0.912. The van der Waals surface area contributed by atoms with Crippen LogP contribution >= 0.6 is 23.2 Å². The summed E-state index contributed by atoms with van der Waals surface area (Å²) in [6, 6.07) is 10.2. The van der Waals surface area contributed by atoms with Crippen molar-refractivity contribution in [1.29, 1.82) is 0 Å². The van der Waals surface area contributed by atoms with Gasteiger partial charge in [0.2, 0.25) is 0 Å². The summed E-state index contributed by atoms with van der Waals surface area (Å²) < 4.78 is 12.8. The van der Waals surface area contributed by atoms with E-state index in [9.17, 15) is 14.0 Å². The molecule has 2 aromatic rings. The predicted molar refractivity (Wildman–Crippen MR) is 80.4 cm³/mol. The van der Waals surface area contributed by atoms with Crippen LogP contribution < -0.4 is 0 Å². The zero-order valence-corrected chi connectivity index (χ0v) is 12.4. The highest BCUT2D eigenvalue weighted by Gasteiger charge is 2.20. The topological polar surface area (TPSA) is 34.1 Å². The summed E-state index contributed by atoms with van der Waals surface area (Å²) in [4.78, 5) is 23.5. The van der Waals surface area contributed by atoms with Crippen LogP contribution in [0.15, 0.2) is 42.5 Å². The van der Waals surface area contributed by atoms with Crippen LogP contribution in [-0.2, 0) is 16.0 Å². The van der Waals surface area contributed by atoms with Crippen LogP contribution in [0.2, 0.25) is 10.0 Å². The summed E-state index contributed by atoms with van der Waals surface area (Å²) in [6.45, 7) is 0. The highest BCUT2D eigenvalue weighted by molar-refractivity contribution is 6.42. The fraction of sp³-hybridized carbons (Fsp3) is 0.125. The summed E-state index contributed by atoms with van der Waals surface area (Å²) in [5.41, 5.74) is 1.14. The monoisotopic (exact) mass is 324 g/mol. The second-order valence-electron chi connectivity index (χ2n) is 4.56. The number of hydrogen-bond donors (Lipinski definition) is 0. The molecule has 0 radical (unpaired) electrons. The van der Waals surface area contributed by atoms with Crippen LogP contribution in [0.25, 0.3) is 0 Å². The Labute approximate surface area is 131 Å². The maximum atomic E-state index is 12.8. The van der Waals surface area contributed by atoms with Crippen LogP contribution in [0.4, 0.5) is 4.39 Å². The van der Waals surface area contributed by atoms with Gasteiger partial charge in [0.1, 0.15) is 12.1 Å². The van der Waals surface area contributed by atoms with Gasteiger partial charge < -0.3 is 4.79 Å². The van der Waals surface area contributed by atoms with Gasteiger partial charge in [-0.2, -0.15) is 0 Å². The number of aldehydes is 1. The Morgan fingerprint density at radius 2 is 1.76 bits per heavy atom. The molecule has 0 N–H and O–H groups in total. The van der Waals surface area contributed by atoms with Gasteiger partial charge in [0.25, 0.3) is 0 Å². The third-order valence-electron chi connectivity index (χ3n) is 3.08. The summed E-state index contributed by atoms with van der Waals surface area (Å²) in [5, 5.41) is 0.645. The minimum absolute atomic E-state index is 0.0456. The molecule has 0 aliphatic carbocycles.